The normalized spacial score (nSPS) is 11.1. The van der Waals surface area contributed by atoms with Gasteiger partial charge in [0, 0.05) is 18.9 Å². The molecule has 0 radical (unpaired) electrons. The van der Waals surface area contributed by atoms with E-state index in [1.165, 1.54) is 17.2 Å². The molecule has 1 amide bonds. The van der Waals surface area contributed by atoms with Gasteiger partial charge in [0.05, 0.1) is 5.56 Å². The number of carbonyl (C=O) groups is 1. The van der Waals surface area contributed by atoms with E-state index in [-0.39, 0.29) is 28.3 Å². The Hall–Kier alpha value is -1.95. The lowest BCUT2D eigenvalue weighted by atomic mass is 10.0. The highest BCUT2D eigenvalue weighted by atomic mass is 32.2. The number of nitrogens with zero attached hydrogens (tertiary/aromatic N) is 2. The van der Waals surface area contributed by atoms with Gasteiger partial charge in [0.15, 0.2) is 0 Å². The van der Waals surface area contributed by atoms with E-state index in [0.29, 0.717) is 5.92 Å². The largest absolute Gasteiger partial charge is 0.311 e. The van der Waals surface area contributed by atoms with E-state index in [9.17, 15) is 13.6 Å². The van der Waals surface area contributed by atoms with E-state index in [1.54, 1.807) is 13.1 Å². The maximum absolute atomic E-state index is 12.7. The van der Waals surface area contributed by atoms with Crippen molar-refractivity contribution in [2.75, 3.05) is 11.9 Å². The first-order valence-electron chi connectivity index (χ1n) is 7.18. The molecule has 1 aromatic carbocycles. The fraction of sp³-hybridized carbons (Fsp3) is 0.294. The number of halogens is 2. The summed E-state index contributed by atoms with van der Waals surface area (Å²) in [5.41, 5.74) is 2.00. The summed E-state index contributed by atoms with van der Waals surface area (Å²) < 4.78 is 25.3. The van der Waals surface area contributed by atoms with Gasteiger partial charge in [-0.1, -0.05) is 26.0 Å². The molecule has 2 rings (SSSR count). The van der Waals surface area contributed by atoms with E-state index in [0.717, 1.165) is 11.3 Å². The lowest BCUT2D eigenvalue weighted by molar-refractivity contribution is 0.0989. The van der Waals surface area contributed by atoms with Crippen LogP contribution in [-0.2, 0) is 0 Å². The van der Waals surface area contributed by atoms with Gasteiger partial charge < -0.3 is 4.90 Å². The minimum absolute atomic E-state index is 0.0411. The van der Waals surface area contributed by atoms with Crippen molar-refractivity contribution in [3.63, 3.8) is 0 Å². The summed E-state index contributed by atoms with van der Waals surface area (Å²) in [7, 11) is 1.63. The van der Waals surface area contributed by atoms with Crippen LogP contribution in [0.15, 0.2) is 47.6 Å². The van der Waals surface area contributed by atoms with E-state index in [2.05, 4.69) is 18.8 Å². The molecule has 0 aliphatic rings. The number of carbonyl (C=O) groups excluding carboxylic acids is 1. The molecule has 0 bridgehead atoms. The molecular weight excluding hydrogens is 318 g/mol. The Morgan fingerprint density at radius 3 is 2.61 bits per heavy atom. The molecule has 1 heterocycles. The van der Waals surface area contributed by atoms with Crippen molar-refractivity contribution in [2.45, 2.75) is 30.5 Å². The van der Waals surface area contributed by atoms with E-state index in [4.69, 9.17) is 0 Å². The van der Waals surface area contributed by atoms with Crippen molar-refractivity contribution < 1.29 is 13.6 Å². The van der Waals surface area contributed by atoms with Crippen LogP contribution in [0.1, 0.15) is 35.7 Å². The lowest BCUT2D eigenvalue weighted by Gasteiger charge is -2.20. The van der Waals surface area contributed by atoms with Crippen LogP contribution < -0.4 is 4.90 Å². The van der Waals surface area contributed by atoms with E-state index in [1.807, 2.05) is 24.3 Å². The van der Waals surface area contributed by atoms with Gasteiger partial charge in [-0.15, -0.1) is 0 Å². The summed E-state index contributed by atoms with van der Waals surface area (Å²) in [4.78, 5) is 18.0. The number of hydrogen-bond donors (Lipinski definition) is 0. The van der Waals surface area contributed by atoms with Crippen LogP contribution >= 0.6 is 11.8 Å². The average Bonchev–Trinajstić information content (AvgIpc) is 2.53. The predicted octanol–water partition coefficient (Wildman–Crippen LogP) is 4.80. The van der Waals surface area contributed by atoms with Gasteiger partial charge in [0.2, 0.25) is 0 Å². The summed E-state index contributed by atoms with van der Waals surface area (Å²) >= 11 is 0.282. The summed E-state index contributed by atoms with van der Waals surface area (Å²) in [6.07, 6.45) is 1.40. The molecule has 3 nitrogen and oxygen atoms in total. The fourth-order valence-corrected chi connectivity index (χ4v) is 2.70. The maximum Gasteiger partial charge on any atom is 0.290 e. The Morgan fingerprint density at radius 2 is 1.96 bits per heavy atom. The predicted molar refractivity (Wildman–Crippen MR) is 89.4 cm³/mol. The van der Waals surface area contributed by atoms with Crippen LogP contribution in [0.5, 0.6) is 0 Å². The number of benzene rings is 1. The van der Waals surface area contributed by atoms with Crippen LogP contribution in [0.3, 0.4) is 0 Å². The maximum atomic E-state index is 12.7. The Bertz CT molecular complexity index is 692. The topological polar surface area (TPSA) is 33.2 Å². The number of anilines is 1. The zero-order valence-corrected chi connectivity index (χ0v) is 14.0. The molecule has 0 fully saturated rings. The van der Waals surface area contributed by atoms with Gasteiger partial charge in [-0.25, -0.2) is 4.98 Å². The fourth-order valence-electron chi connectivity index (χ4n) is 2.12. The summed E-state index contributed by atoms with van der Waals surface area (Å²) in [6, 6.07) is 10.7. The number of aromatic nitrogens is 1. The molecule has 122 valence electrons. The first kappa shape index (κ1) is 17.4. The van der Waals surface area contributed by atoms with Crippen molar-refractivity contribution in [1.29, 1.82) is 0 Å². The van der Waals surface area contributed by atoms with Crippen molar-refractivity contribution in [1.82, 2.24) is 4.98 Å². The highest BCUT2D eigenvalue weighted by molar-refractivity contribution is 7.99. The molecule has 0 N–H and O–H groups in total. The number of amides is 1. The highest BCUT2D eigenvalue weighted by Crippen LogP contribution is 2.28. The quantitative estimate of drug-likeness (QED) is 0.736. The second kappa shape index (κ2) is 7.55. The smallest absolute Gasteiger partial charge is 0.290 e. The molecule has 0 spiro atoms. The Labute approximate surface area is 138 Å². The third-order valence-corrected chi connectivity index (χ3v) is 4.16. The van der Waals surface area contributed by atoms with Gasteiger partial charge in [0.1, 0.15) is 5.03 Å². The number of alkyl halides is 2. The lowest BCUT2D eigenvalue weighted by Crippen LogP contribution is -2.27. The number of rotatable bonds is 5. The van der Waals surface area contributed by atoms with Crippen LogP contribution in [0.2, 0.25) is 0 Å². The van der Waals surface area contributed by atoms with Crippen molar-refractivity contribution in [3.8, 4) is 0 Å². The van der Waals surface area contributed by atoms with Gasteiger partial charge in [-0.3, -0.25) is 4.79 Å². The standard InChI is InChI=1S/C17H18F2N2OS/c1-11(2)12-6-4-7-13(10-12)21(3)16(22)14-8-5-9-20-15(14)23-17(18)19/h4-11,17H,1-3H3. The molecule has 0 saturated carbocycles. The second-order valence-electron chi connectivity index (χ2n) is 5.35. The molecule has 0 aliphatic carbocycles. The first-order chi connectivity index (χ1) is 10.9. The molecule has 0 atom stereocenters. The molecule has 23 heavy (non-hydrogen) atoms. The van der Waals surface area contributed by atoms with Gasteiger partial charge in [-0.2, -0.15) is 8.78 Å². The Kier molecular flexibility index (Phi) is 5.71. The van der Waals surface area contributed by atoms with Crippen molar-refractivity contribution in [3.05, 3.63) is 53.7 Å². The average molecular weight is 336 g/mol. The SMILES string of the molecule is CC(C)c1cccc(N(C)C(=O)c2cccnc2SC(F)F)c1. The van der Waals surface area contributed by atoms with Crippen molar-refractivity contribution >= 4 is 23.4 Å². The molecule has 6 heteroatoms. The van der Waals surface area contributed by atoms with Gasteiger partial charge in [0.25, 0.3) is 11.7 Å². The number of thioether (sulfide) groups is 1. The minimum atomic E-state index is -2.62. The first-order valence-corrected chi connectivity index (χ1v) is 8.06. The zero-order valence-electron chi connectivity index (χ0n) is 13.2. The van der Waals surface area contributed by atoms with Crippen LogP contribution in [0.25, 0.3) is 0 Å². The second-order valence-corrected chi connectivity index (χ2v) is 6.33. The highest BCUT2D eigenvalue weighted by Gasteiger charge is 2.20. The molecular formula is C17H18F2N2OS. The third-order valence-electron chi connectivity index (χ3n) is 3.43. The summed E-state index contributed by atoms with van der Waals surface area (Å²) in [5, 5.41) is 0.0411. The zero-order chi connectivity index (χ0) is 17.0. The van der Waals surface area contributed by atoms with Gasteiger partial charge >= 0.3 is 0 Å². The Balaban J connectivity index is 2.32. The van der Waals surface area contributed by atoms with E-state index < -0.39 is 5.76 Å². The number of pyridine rings is 1. The van der Waals surface area contributed by atoms with E-state index >= 15 is 0 Å². The molecule has 0 aliphatic heterocycles. The molecule has 1 aromatic heterocycles. The van der Waals surface area contributed by atoms with Gasteiger partial charge in [-0.05, 0) is 47.5 Å². The van der Waals surface area contributed by atoms with Crippen LogP contribution in [0, 0.1) is 0 Å². The minimum Gasteiger partial charge on any atom is -0.311 e. The third kappa shape index (κ3) is 4.28. The monoisotopic (exact) mass is 336 g/mol. The van der Waals surface area contributed by atoms with Crippen molar-refractivity contribution in [2.24, 2.45) is 0 Å². The van der Waals surface area contributed by atoms with Crippen LogP contribution in [-0.4, -0.2) is 23.7 Å². The van der Waals surface area contributed by atoms with Crippen LogP contribution in [0.4, 0.5) is 14.5 Å². The molecule has 2 aromatic rings. The summed E-state index contributed by atoms with van der Waals surface area (Å²) in [6.45, 7) is 4.14. The number of hydrogen-bond acceptors (Lipinski definition) is 3. The summed E-state index contributed by atoms with van der Waals surface area (Å²) in [5.74, 6) is -2.64. The molecule has 0 unspecified atom stereocenters. The Morgan fingerprint density at radius 1 is 1.22 bits per heavy atom. The molecule has 0 saturated heterocycles.